The average molecular weight is 430 g/mol. The number of rotatable bonds is 8. The van der Waals surface area contributed by atoms with E-state index in [4.69, 9.17) is 14.2 Å². The number of hydrogen-bond donors (Lipinski definition) is 2. The van der Waals surface area contributed by atoms with Crippen LogP contribution in [0, 0.1) is 0 Å². The van der Waals surface area contributed by atoms with E-state index in [2.05, 4.69) is 10.6 Å². The molecule has 0 saturated carbocycles. The van der Waals surface area contributed by atoms with Gasteiger partial charge >= 0.3 is 18.0 Å². The topological polar surface area (TPSA) is 103 Å². The number of esters is 2. The van der Waals surface area contributed by atoms with E-state index in [0.29, 0.717) is 5.75 Å². The molecule has 2 N–H and O–H groups in total. The average Bonchev–Trinajstić information content (AvgIpc) is 3.27. The summed E-state index contributed by atoms with van der Waals surface area (Å²) in [6.07, 6.45) is -0.871. The summed E-state index contributed by atoms with van der Waals surface area (Å²) in [5.41, 5.74) is 0.374. The summed E-state index contributed by atoms with van der Waals surface area (Å²) >= 11 is 1.39. The van der Waals surface area contributed by atoms with Crippen LogP contribution in [0.3, 0.4) is 0 Å². The monoisotopic (exact) mass is 430 g/mol. The Morgan fingerprint density at radius 1 is 1.13 bits per heavy atom. The van der Waals surface area contributed by atoms with E-state index < -0.39 is 30.1 Å². The second-order valence-corrected chi connectivity index (χ2v) is 7.32. The maximum absolute atomic E-state index is 12.6. The van der Waals surface area contributed by atoms with Crippen LogP contribution in [0.5, 0.6) is 5.75 Å². The number of thiophene rings is 1. The van der Waals surface area contributed by atoms with Gasteiger partial charge in [-0.2, -0.15) is 0 Å². The summed E-state index contributed by atoms with van der Waals surface area (Å²) in [4.78, 5) is 37.9. The van der Waals surface area contributed by atoms with Crippen LogP contribution in [0.25, 0.3) is 0 Å². The molecule has 2 atom stereocenters. The molecular formula is C21H22N2O6S. The molecule has 2 aromatic rings. The number of carbonyl (C=O) groups is 3. The predicted octanol–water partition coefficient (Wildman–Crippen LogP) is 2.93. The molecule has 0 spiro atoms. The van der Waals surface area contributed by atoms with Gasteiger partial charge in [0, 0.05) is 4.88 Å². The lowest BCUT2D eigenvalue weighted by Gasteiger charge is -2.28. The van der Waals surface area contributed by atoms with Crippen molar-refractivity contribution in [2.45, 2.75) is 26.0 Å². The van der Waals surface area contributed by atoms with E-state index in [9.17, 15) is 14.4 Å². The molecule has 1 aliphatic heterocycles. The maximum atomic E-state index is 12.6. The van der Waals surface area contributed by atoms with E-state index in [1.807, 2.05) is 17.5 Å². The molecule has 0 unspecified atom stereocenters. The summed E-state index contributed by atoms with van der Waals surface area (Å²) in [6, 6.07) is 11.3. The molecule has 2 amide bonds. The Bertz CT molecular complexity index is 926. The van der Waals surface area contributed by atoms with E-state index in [1.165, 1.54) is 11.3 Å². The molecule has 9 heteroatoms. The lowest BCUT2D eigenvalue weighted by molar-refractivity contribution is -0.150. The molecule has 1 aromatic heterocycles. The predicted molar refractivity (Wildman–Crippen MR) is 110 cm³/mol. The number of benzene rings is 1. The van der Waals surface area contributed by atoms with Crippen molar-refractivity contribution >= 4 is 29.3 Å². The maximum Gasteiger partial charge on any atom is 0.347 e. The molecule has 1 aliphatic rings. The first kappa shape index (κ1) is 21.4. The van der Waals surface area contributed by atoms with Crippen LogP contribution in [-0.4, -0.2) is 37.3 Å². The van der Waals surface area contributed by atoms with Gasteiger partial charge in [0.1, 0.15) is 12.4 Å². The second-order valence-electron chi connectivity index (χ2n) is 6.34. The van der Waals surface area contributed by atoms with E-state index in [0.717, 1.165) is 4.88 Å². The molecule has 3 rings (SSSR count). The van der Waals surface area contributed by atoms with Gasteiger partial charge < -0.3 is 24.8 Å². The summed E-state index contributed by atoms with van der Waals surface area (Å²) in [7, 11) is 0. The third kappa shape index (κ3) is 5.18. The number of para-hydroxylation sites is 1. The number of nitrogens with one attached hydrogen (secondary N) is 2. The molecule has 0 saturated heterocycles. The quantitative estimate of drug-likeness (QED) is 0.624. The first-order valence-electron chi connectivity index (χ1n) is 9.39. The molecule has 30 heavy (non-hydrogen) atoms. The van der Waals surface area contributed by atoms with Gasteiger partial charge in [-0.1, -0.05) is 24.3 Å². The van der Waals surface area contributed by atoms with Gasteiger partial charge in [-0.05, 0) is 37.4 Å². The fraction of sp³-hybridized carbons (Fsp3) is 0.286. The normalized spacial score (nSPS) is 16.9. The Morgan fingerprint density at radius 3 is 2.57 bits per heavy atom. The molecule has 1 aromatic carbocycles. The van der Waals surface area contributed by atoms with Crippen LogP contribution >= 0.6 is 11.3 Å². The first-order chi connectivity index (χ1) is 14.5. The summed E-state index contributed by atoms with van der Waals surface area (Å²) in [6.45, 7) is 3.12. The molecular weight excluding hydrogens is 408 g/mol. The Kier molecular flexibility index (Phi) is 7.08. The Hall–Kier alpha value is -3.33. The highest BCUT2D eigenvalue weighted by Gasteiger charge is 2.35. The van der Waals surface area contributed by atoms with Gasteiger partial charge in [0.2, 0.25) is 0 Å². The molecule has 0 fully saturated rings. The number of urea groups is 1. The van der Waals surface area contributed by atoms with Crippen LogP contribution in [-0.2, 0) is 19.1 Å². The zero-order chi connectivity index (χ0) is 21.5. The zero-order valence-corrected chi connectivity index (χ0v) is 17.4. The van der Waals surface area contributed by atoms with E-state index >= 15 is 0 Å². The van der Waals surface area contributed by atoms with Crippen LogP contribution in [0.2, 0.25) is 0 Å². The van der Waals surface area contributed by atoms with Gasteiger partial charge in [0.15, 0.2) is 6.10 Å². The van der Waals surface area contributed by atoms with Crippen LogP contribution in [0.15, 0.2) is 59.1 Å². The number of carbonyl (C=O) groups excluding carboxylic acids is 3. The SMILES string of the molecule is CCOC(=O)C1=C(COC(=O)[C@@H](C)Oc2ccccc2)NC(=O)N[C@@H]1c1cccs1. The Labute approximate surface area is 177 Å². The summed E-state index contributed by atoms with van der Waals surface area (Å²) in [5, 5.41) is 7.12. The second kappa shape index (κ2) is 9.93. The Balaban J connectivity index is 1.77. The van der Waals surface area contributed by atoms with Crippen molar-refractivity contribution in [2.24, 2.45) is 0 Å². The zero-order valence-electron chi connectivity index (χ0n) is 16.5. The standard InChI is InChI=1S/C21H22N2O6S/c1-3-27-20(25)17-15(22-21(26)23-18(17)16-10-7-11-30-16)12-28-19(24)13(2)29-14-8-5-4-6-9-14/h4-11,13,18H,3,12H2,1-2H3,(H2,22,23,26)/t13-,18-/m1/s1. The summed E-state index contributed by atoms with van der Waals surface area (Å²) in [5.74, 6) is -0.695. The molecule has 0 bridgehead atoms. The minimum Gasteiger partial charge on any atom is -0.479 e. The smallest absolute Gasteiger partial charge is 0.347 e. The lowest BCUT2D eigenvalue weighted by Crippen LogP contribution is -2.47. The van der Waals surface area contributed by atoms with E-state index in [-0.39, 0.29) is 24.5 Å². The van der Waals surface area contributed by atoms with Crippen LogP contribution < -0.4 is 15.4 Å². The minimum absolute atomic E-state index is 0.169. The molecule has 0 radical (unpaired) electrons. The van der Waals surface area contributed by atoms with Gasteiger partial charge in [-0.3, -0.25) is 0 Å². The third-order valence-electron chi connectivity index (χ3n) is 4.22. The largest absolute Gasteiger partial charge is 0.479 e. The summed E-state index contributed by atoms with van der Waals surface area (Å²) < 4.78 is 16.0. The van der Waals surface area contributed by atoms with Crippen molar-refractivity contribution in [3.63, 3.8) is 0 Å². The third-order valence-corrected chi connectivity index (χ3v) is 5.16. The van der Waals surface area contributed by atoms with Crippen molar-refractivity contribution < 1.29 is 28.6 Å². The van der Waals surface area contributed by atoms with Crippen molar-refractivity contribution in [3.8, 4) is 5.75 Å². The molecule has 0 aliphatic carbocycles. The number of hydrogen-bond acceptors (Lipinski definition) is 7. The van der Waals surface area contributed by atoms with Crippen molar-refractivity contribution in [1.82, 2.24) is 10.6 Å². The van der Waals surface area contributed by atoms with Crippen molar-refractivity contribution in [1.29, 1.82) is 0 Å². The van der Waals surface area contributed by atoms with Crippen molar-refractivity contribution in [2.75, 3.05) is 13.2 Å². The van der Waals surface area contributed by atoms with Gasteiger partial charge in [0.05, 0.1) is 23.9 Å². The highest BCUT2D eigenvalue weighted by atomic mass is 32.1. The van der Waals surface area contributed by atoms with Crippen molar-refractivity contribution in [3.05, 3.63) is 64.0 Å². The van der Waals surface area contributed by atoms with Gasteiger partial charge in [-0.15, -0.1) is 11.3 Å². The van der Waals surface area contributed by atoms with Crippen LogP contribution in [0.4, 0.5) is 4.79 Å². The Morgan fingerprint density at radius 2 is 1.90 bits per heavy atom. The number of amides is 2. The minimum atomic E-state index is -0.871. The molecule has 8 nitrogen and oxygen atoms in total. The van der Waals surface area contributed by atoms with Gasteiger partial charge in [0.25, 0.3) is 0 Å². The van der Waals surface area contributed by atoms with Crippen LogP contribution in [0.1, 0.15) is 24.8 Å². The fourth-order valence-corrected chi connectivity index (χ4v) is 3.65. The number of ether oxygens (including phenoxy) is 3. The lowest BCUT2D eigenvalue weighted by atomic mass is 10.0. The molecule has 2 heterocycles. The fourth-order valence-electron chi connectivity index (χ4n) is 2.86. The highest BCUT2D eigenvalue weighted by molar-refractivity contribution is 7.10. The van der Waals surface area contributed by atoms with E-state index in [1.54, 1.807) is 44.2 Å². The van der Waals surface area contributed by atoms with Gasteiger partial charge in [-0.25, -0.2) is 14.4 Å². The molecule has 158 valence electrons. The highest BCUT2D eigenvalue weighted by Crippen LogP contribution is 2.30. The first-order valence-corrected chi connectivity index (χ1v) is 10.3.